The summed E-state index contributed by atoms with van der Waals surface area (Å²) in [6, 6.07) is 10.8. The lowest BCUT2D eigenvalue weighted by molar-refractivity contribution is 0.115. The van der Waals surface area contributed by atoms with Crippen molar-refractivity contribution in [2.45, 2.75) is 31.0 Å². The Morgan fingerprint density at radius 1 is 0.857 bits per heavy atom. The van der Waals surface area contributed by atoms with Gasteiger partial charge in [-0.25, -0.2) is 0 Å². The smallest absolute Gasteiger partial charge is 0.368 e. The Bertz CT molecular complexity index is 778. The van der Waals surface area contributed by atoms with Crippen molar-refractivity contribution < 1.29 is 33.8 Å². The molecule has 0 amide bonds. The highest BCUT2D eigenvalue weighted by atomic mass is 31.2. The first kappa shape index (κ1) is 22.8. The van der Waals surface area contributed by atoms with Crippen LogP contribution in [-0.4, -0.2) is 51.2 Å². The molecule has 28 heavy (non-hydrogen) atoms. The highest BCUT2D eigenvalue weighted by Gasteiger charge is 2.58. The molecule has 0 spiro atoms. The topological polar surface area (TPSA) is 164 Å². The number of hydrogen-bond acceptors (Lipinski definition) is 6. The SMILES string of the molecule is O=P(O)(O)C(O)(CCCN(Cc1ccccn1)Cc1ccccn1)P(=O)(O)O. The van der Waals surface area contributed by atoms with Crippen LogP contribution < -0.4 is 0 Å². The van der Waals surface area contributed by atoms with E-state index in [1.807, 2.05) is 29.2 Å². The normalized spacial score (nSPS) is 13.1. The zero-order chi connectivity index (χ0) is 20.8. The molecule has 0 aromatic carbocycles. The van der Waals surface area contributed by atoms with Gasteiger partial charge in [-0.05, 0) is 37.2 Å². The van der Waals surface area contributed by atoms with Crippen molar-refractivity contribution in [3.05, 3.63) is 60.2 Å². The molecular formula is C16H23N3O7P2. The molecule has 2 aromatic heterocycles. The van der Waals surface area contributed by atoms with E-state index in [1.165, 1.54) is 0 Å². The summed E-state index contributed by atoms with van der Waals surface area (Å²) in [6.07, 6.45) is 2.44. The minimum atomic E-state index is -5.45. The van der Waals surface area contributed by atoms with Crippen LogP contribution in [0.2, 0.25) is 0 Å². The number of aliphatic hydroxyl groups is 1. The van der Waals surface area contributed by atoms with Crippen molar-refractivity contribution in [1.29, 1.82) is 0 Å². The van der Waals surface area contributed by atoms with Gasteiger partial charge in [0.15, 0.2) is 0 Å². The maximum absolute atomic E-state index is 11.5. The Morgan fingerprint density at radius 3 is 1.68 bits per heavy atom. The van der Waals surface area contributed by atoms with E-state index < -0.39 is 26.7 Å². The molecule has 0 fully saturated rings. The summed E-state index contributed by atoms with van der Waals surface area (Å²) in [5, 5.41) is 6.61. The maximum Gasteiger partial charge on any atom is 0.369 e. The zero-order valence-electron chi connectivity index (χ0n) is 14.9. The summed E-state index contributed by atoms with van der Waals surface area (Å²) < 4.78 is 23.0. The van der Waals surface area contributed by atoms with Gasteiger partial charge in [-0.1, -0.05) is 12.1 Å². The van der Waals surface area contributed by atoms with Crippen molar-refractivity contribution >= 4 is 15.2 Å². The first-order valence-electron chi connectivity index (χ1n) is 8.39. The molecule has 0 aliphatic rings. The molecule has 5 N–H and O–H groups in total. The van der Waals surface area contributed by atoms with Crippen LogP contribution in [0, 0.1) is 0 Å². The first-order valence-corrected chi connectivity index (χ1v) is 11.6. The van der Waals surface area contributed by atoms with Gasteiger partial charge in [0.25, 0.3) is 5.08 Å². The minimum Gasteiger partial charge on any atom is -0.368 e. The molecule has 0 atom stereocenters. The lowest BCUT2D eigenvalue weighted by Gasteiger charge is -2.30. The van der Waals surface area contributed by atoms with E-state index in [9.17, 15) is 33.8 Å². The molecular weight excluding hydrogens is 408 g/mol. The Kier molecular flexibility index (Phi) is 7.61. The second kappa shape index (κ2) is 9.35. The zero-order valence-corrected chi connectivity index (χ0v) is 16.7. The number of hydrogen-bond donors (Lipinski definition) is 5. The van der Waals surface area contributed by atoms with Crippen molar-refractivity contribution in [3.8, 4) is 0 Å². The van der Waals surface area contributed by atoms with Gasteiger partial charge in [0, 0.05) is 31.9 Å². The molecule has 0 saturated heterocycles. The van der Waals surface area contributed by atoms with Crippen molar-refractivity contribution in [2.24, 2.45) is 0 Å². The fourth-order valence-corrected chi connectivity index (χ4v) is 4.91. The molecule has 0 aliphatic heterocycles. The Morgan fingerprint density at radius 2 is 1.32 bits per heavy atom. The third-order valence-corrected chi connectivity index (χ3v) is 8.02. The number of nitrogens with zero attached hydrogens (tertiary/aromatic N) is 3. The van der Waals surface area contributed by atoms with E-state index in [0.717, 1.165) is 11.4 Å². The molecule has 0 aliphatic carbocycles. The van der Waals surface area contributed by atoms with Gasteiger partial charge < -0.3 is 24.7 Å². The van der Waals surface area contributed by atoms with Crippen LogP contribution in [0.15, 0.2) is 48.8 Å². The lowest BCUT2D eigenvalue weighted by atomic mass is 10.2. The molecule has 0 unspecified atom stereocenters. The Hall–Kier alpha value is -1.48. The molecule has 2 rings (SSSR count). The third kappa shape index (κ3) is 6.01. The van der Waals surface area contributed by atoms with Crippen molar-refractivity contribution in [3.63, 3.8) is 0 Å². The van der Waals surface area contributed by atoms with Crippen LogP contribution in [0.5, 0.6) is 0 Å². The van der Waals surface area contributed by atoms with Crippen molar-refractivity contribution in [2.75, 3.05) is 6.54 Å². The van der Waals surface area contributed by atoms with Crippen LogP contribution in [-0.2, 0) is 22.2 Å². The number of pyridine rings is 2. The first-order chi connectivity index (χ1) is 13.0. The summed E-state index contributed by atoms with van der Waals surface area (Å²) in [6.45, 7) is 0.985. The van der Waals surface area contributed by atoms with Crippen LogP contribution in [0.3, 0.4) is 0 Å². The molecule has 0 bridgehead atoms. The minimum absolute atomic E-state index is 0.0631. The highest BCUT2D eigenvalue weighted by molar-refractivity contribution is 7.72. The predicted octanol–water partition coefficient (Wildman–Crippen LogP) is 1.26. The summed E-state index contributed by atoms with van der Waals surface area (Å²) >= 11 is 0. The maximum atomic E-state index is 11.5. The van der Waals surface area contributed by atoms with Gasteiger partial charge in [-0.3, -0.25) is 24.0 Å². The Balaban J connectivity index is 2.11. The average molecular weight is 431 g/mol. The lowest BCUT2D eigenvalue weighted by Crippen LogP contribution is -2.31. The van der Waals surface area contributed by atoms with E-state index in [4.69, 9.17) is 0 Å². The third-order valence-electron chi connectivity index (χ3n) is 4.14. The molecule has 0 radical (unpaired) electrons. The van der Waals surface area contributed by atoms with Crippen molar-refractivity contribution in [1.82, 2.24) is 14.9 Å². The van der Waals surface area contributed by atoms with Crippen LogP contribution in [0.25, 0.3) is 0 Å². The van der Waals surface area contributed by atoms with Crippen LogP contribution >= 0.6 is 15.2 Å². The van der Waals surface area contributed by atoms with Crippen LogP contribution in [0.1, 0.15) is 24.2 Å². The molecule has 10 nitrogen and oxygen atoms in total. The second-order valence-corrected chi connectivity index (χ2v) is 10.3. The average Bonchev–Trinajstić information content (AvgIpc) is 2.61. The van der Waals surface area contributed by atoms with Crippen LogP contribution in [0.4, 0.5) is 0 Å². The summed E-state index contributed by atoms with van der Waals surface area (Å²) in [5.74, 6) is 0. The van der Waals surface area contributed by atoms with E-state index >= 15 is 0 Å². The van der Waals surface area contributed by atoms with Gasteiger partial charge in [0.05, 0.1) is 11.4 Å². The molecule has 12 heteroatoms. The van der Waals surface area contributed by atoms with E-state index in [2.05, 4.69) is 9.97 Å². The summed E-state index contributed by atoms with van der Waals surface area (Å²) in [4.78, 5) is 47.3. The molecule has 2 heterocycles. The summed E-state index contributed by atoms with van der Waals surface area (Å²) in [7, 11) is -10.9. The van der Waals surface area contributed by atoms with Gasteiger partial charge in [0.1, 0.15) is 0 Å². The fourth-order valence-electron chi connectivity index (χ4n) is 2.66. The van der Waals surface area contributed by atoms with E-state index in [-0.39, 0.29) is 13.0 Å². The molecule has 154 valence electrons. The van der Waals surface area contributed by atoms with Gasteiger partial charge in [-0.2, -0.15) is 0 Å². The van der Waals surface area contributed by atoms with Gasteiger partial charge in [0.2, 0.25) is 0 Å². The predicted molar refractivity (Wildman–Crippen MR) is 101 cm³/mol. The monoisotopic (exact) mass is 431 g/mol. The number of aromatic nitrogens is 2. The fraction of sp³-hybridized carbons (Fsp3) is 0.375. The summed E-state index contributed by atoms with van der Waals surface area (Å²) in [5.41, 5.74) is 1.50. The van der Waals surface area contributed by atoms with E-state index in [1.54, 1.807) is 24.5 Å². The number of rotatable bonds is 10. The van der Waals surface area contributed by atoms with Gasteiger partial charge >= 0.3 is 15.2 Å². The Labute approximate surface area is 162 Å². The second-order valence-electron chi connectivity index (χ2n) is 6.32. The molecule has 2 aromatic rings. The van der Waals surface area contributed by atoms with E-state index in [0.29, 0.717) is 13.1 Å². The standard InChI is InChI=1S/C16H23N3O7P2/c20-16(27(21,22)23,28(24,25)26)8-5-11-19(12-14-6-1-3-9-17-14)13-15-7-2-4-10-18-15/h1-4,6-7,9-10,20H,5,8,11-13H2,(H2,21,22,23)(H2,24,25,26). The highest BCUT2D eigenvalue weighted by Crippen LogP contribution is 2.69. The quantitative estimate of drug-likeness (QED) is 0.346. The molecule has 0 saturated carbocycles. The largest absolute Gasteiger partial charge is 0.369 e. The van der Waals surface area contributed by atoms with Gasteiger partial charge in [-0.15, -0.1) is 0 Å².